The van der Waals surface area contributed by atoms with Crippen LogP contribution in [0.5, 0.6) is 5.88 Å². The summed E-state index contributed by atoms with van der Waals surface area (Å²) in [4.78, 5) is 15.9. The minimum atomic E-state index is -0.499. The number of aromatic nitrogens is 1. The highest BCUT2D eigenvalue weighted by Crippen LogP contribution is 2.13. The van der Waals surface area contributed by atoms with Gasteiger partial charge in [0, 0.05) is 6.07 Å². The third-order valence-corrected chi connectivity index (χ3v) is 2.86. The number of hydrogen-bond acceptors (Lipinski definition) is 4. The van der Waals surface area contributed by atoms with Gasteiger partial charge in [0.2, 0.25) is 11.8 Å². The Bertz CT molecular complexity index is 378. The van der Waals surface area contributed by atoms with E-state index in [1.807, 2.05) is 20.8 Å². The molecule has 0 saturated carbocycles. The predicted octanol–water partition coefficient (Wildman–Crippen LogP) is 1.79. The van der Waals surface area contributed by atoms with E-state index in [0.29, 0.717) is 18.2 Å². The van der Waals surface area contributed by atoms with Gasteiger partial charge in [-0.25, -0.2) is 4.98 Å². The minimum Gasteiger partial charge on any atom is -0.478 e. The molecule has 0 bridgehead atoms. The fourth-order valence-electron chi connectivity index (χ4n) is 1.43. The van der Waals surface area contributed by atoms with Crippen LogP contribution in [0, 0.1) is 5.92 Å². The second-order valence-corrected chi connectivity index (χ2v) is 4.22. The normalized spacial score (nSPS) is 13.8. The first-order valence-electron chi connectivity index (χ1n) is 6.23. The molecule has 0 radical (unpaired) electrons. The van der Waals surface area contributed by atoms with Crippen molar-refractivity contribution in [3.8, 4) is 5.88 Å². The van der Waals surface area contributed by atoms with Crippen molar-refractivity contribution in [2.75, 3.05) is 11.9 Å². The Morgan fingerprint density at radius 1 is 1.50 bits per heavy atom. The number of nitrogens with two attached hydrogens (primary N) is 1. The van der Waals surface area contributed by atoms with Gasteiger partial charge in [-0.1, -0.05) is 20.3 Å². The van der Waals surface area contributed by atoms with Gasteiger partial charge in [-0.05, 0) is 18.9 Å². The van der Waals surface area contributed by atoms with Crippen molar-refractivity contribution in [2.45, 2.75) is 33.2 Å². The van der Waals surface area contributed by atoms with Gasteiger partial charge in [0.05, 0.1) is 24.5 Å². The molecule has 0 saturated heterocycles. The zero-order valence-corrected chi connectivity index (χ0v) is 11.1. The van der Waals surface area contributed by atoms with Crippen LogP contribution in [0.4, 0.5) is 5.69 Å². The maximum Gasteiger partial charge on any atom is 0.241 e. The van der Waals surface area contributed by atoms with E-state index < -0.39 is 6.04 Å². The monoisotopic (exact) mass is 251 g/mol. The number of hydrogen-bond donors (Lipinski definition) is 2. The van der Waals surface area contributed by atoms with E-state index in [4.69, 9.17) is 10.5 Å². The van der Waals surface area contributed by atoms with Crippen LogP contribution >= 0.6 is 0 Å². The standard InChI is InChI=1S/C13H21N3O2/c1-4-9(3)12(14)13(17)16-10-6-7-11(15-8-10)18-5-2/h6-9,12H,4-5,14H2,1-3H3,(H,16,17)/t9?,12-/m0/s1. The van der Waals surface area contributed by atoms with Crippen LogP contribution in [0.3, 0.4) is 0 Å². The van der Waals surface area contributed by atoms with Gasteiger partial charge in [0.25, 0.3) is 0 Å². The highest BCUT2D eigenvalue weighted by Gasteiger charge is 2.19. The molecule has 1 aromatic rings. The van der Waals surface area contributed by atoms with Gasteiger partial charge in [0.15, 0.2) is 0 Å². The van der Waals surface area contributed by atoms with Gasteiger partial charge >= 0.3 is 0 Å². The number of nitrogens with one attached hydrogen (secondary N) is 1. The Hall–Kier alpha value is -1.62. The van der Waals surface area contributed by atoms with E-state index in [-0.39, 0.29) is 11.8 Å². The molecule has 1 aromatic heterocycles. The van der Waals surface area contributed by atoms with Crippen molar-refractivity contribution in [2.24, 2.45) is 11.7 Å². The molecule has 1 heterocycles. The molecule has 1 unspecified atom stereocenters. The van der Waals surface area contributed by atoms with Crippen LogP contribution in [0.2, 0.25) is 0 Å². The lowest BCUT2D eigenvalue weighted by atomic mass is 9.99. The summed E-state index contributed by atoms with van der Waals surface area (Å²) in [5.74, 6) is 0.512. The molecule has 0 aliphatic heterocycles. The Morgan fingerprint density at radius 3 is 2.72 bits per heavy atom. The molecule has 0 aliphatic carbocycles. The van der Waals surface area contributed by atoms with Crippen molar-refractivity contribution in [3.63, 3.8) is 0 Å². The Balaban J connectivity index is 2.59. The summed E-state index contributed by atoms with van der Waals surface area (Å²) in [6.07, 6.45) is 2.43. The molecule has 18 heavy (non-hydrogen) atoms. The van der Waals surface area contributed by atoms with Crippen LogP contribution in [0.25, 0.3) is 0 Å². The molecule has 1 rings (SSSR count). The first-order chi connectivity index (χ1) is 8.58. The highest BCUT2D eigenvalue weighted by atomic mass is 16.5. The van der Waals surface area contributed by atoms with Crippen molar-refractivity contribution < 1.29 is 9.53 Å². The molecule has 0 fully saturated rings. The summed E-state index contributed by atoms with van der Waals surface area (Å²) in [7, 11) is 0. The second kappa shape index (κ2) is 6.96. The van der Waals surface area contributed by atoms with E-state index >= 15 is 0 Å². The number of anilines is 1. The highest BCUT2D eigenvalue weighted by molar-refractivity contribution is 5.94. The molecule has 0 aromatic carbocycles. The predicted molar refractivity (Wildman–Crippen MR) is 71.5 cm³/mol. The number of rotatable bonds is 6. The van der Waals surface area contributed by atoms with Crippen molar-refractivity contribution in [1.82, 2.24) is 4.98 Å². The van der Waals surface area contributed by atoms with Gasteiger partial charge in [-0.15, -0.1) is 0 Å². The number of pyridine rings is 1. The lowest BCUT2D eigenvalue weighted by Gasteiger charge is -2.17. The first-order valence-corrected chi connectivity index (χ1v) is 6.23. The number of carbonyl (C=O) groups is 1. The van der Waals surface area contributed by atoms with Gasteiger partial charge in [0.1, 0.15) is 0 Å². The number of ether oxygens (including phenoxy) is 1. The molecule has 3 N–H and O–H groups in total. The average Bonchev–Trinajstić information content (AvgIpc) is 2.39. The van der Waals surface area contributed by atoms with E-state index in [1.165, 1.54) is 0 Å². The molecule has 100 valence electrons. The average molecular weight is 251 g/mol. The van der Waals surface area contributed by atoms with E-state index in [0.717, 1.165) is 6.42 Å². The zero-order chi connectivity index (χ0) is 13.5. The third kappa shape index (κ3) is 4.00. The Labute approximate surface area is 108 Å². The summed E-state index contributed by atoms with van der Waals surface area (Å²) >= 11 is 0. The lowest BCUT2D eigenvalue weighted by Crippen LogP contribution is -2.40. The maximum absolute atomic E-state index is 11.8. The van der Waals surface area contributed by atoms with Crippen molar-refractivity contribution >= 4 is 11.6 Å². The van der Waals surface area contributed by atoms with Gasteiger partial charge < -0.3 is 15.8 Å². The van der Waals surface area contributed by atoms with Gasteiger partial charge in [-0.3, -0.25) is 4.79 Å². The van der Waals surface area contributed by atoms with Crippen LogP contribution < -0.4 is 15.8 Å². The molecule has 5 heteroatoms. The molecular formula is C13H21N3O2. The second-order valence-electron chi connectivity index (χ2n) is 4.22. The first kappa shape index (κ1) is 14.4. The number of amides is 1. The summed E-state index contributed by atoms with van der Waals surface area (Å²) in [5, 5.41) is 2.74. The molecule has 5 nitrogen and oxygen atoms in total. The number of nitrogens with zero attached hydrogens (tertiary/aromatic N) is 1. The SMILES string of the molecule is CCOc1ccc(NC(=O)[C@@H](N)C(C)CC)cn1. The van der Waals surface area contributed by atoms with Gasteiger partial charge in [-0.2, -0.15) is 0 Å². The largest absolute Gasteiger partial charge is 0.478 e. The van der Waals surface area contributed by atoms with Crippen molar-refractivity contribution in [3.05, 3.63) is 18.3 Å². The van der Waals surface area contributed by atoms with E-state index in [2.05, 4.69) is 10.3 Å². The molecular weight excluding hydrogens is 230 g/mol. The topological polar surface area (TPSA) is 77.2 Å². The smallest absolute Gasteiger partial charge is 0.241 e. The van der Waals surface area contributed by atoms with E-state index in [9.17, 15) is 4.79 Å². The molecule has 0 spiro atoms. The summed E-state index contributed by atoms with van der Waals surface area (Å²) in [6.45, 7) is 6.43. The van der Waals surface area contributed by atoms with Crippen LogP contribution in [0.1, 0.15) is 27.2 Å². The Morgan fingerprint density at radius 2 is 2.22 bits per heavy atom. The molecule has 0 aliphatic rings. The zero-order valence-electron chi connectivity index (χ0n) is 11.1. The fourth-order valence-corrected chi connectivity index (χ4v) is 1.43. The molecule has 1 amide bonds. The summed E-state index contributed by atoms with van der Waals surface area (Å²) < 4.78 is 5.22. The summed E-state index contributed by atoms with van der Waals surface area (Å²) in [6, 6.07) is 2.97. The molecule has 2 atom stereocenters. The maximum atomic E-state index is 11.8. The minimum absolute atomic E-state index is 0.153. The van der Waals surface area contributed by atoms with Crippen LogP contribution in [-0.2, 0) is 4.79 Å². The lowest BCUT2D eigenvalue weighted by molar-refractivity contribution is -0.118. The van der Waals surface area contributed by atoms with Crippen LogP contribution in [-0.4, -0.2) is 23.5 Å². The quantitative estimate of drug-likeness (QED) is 0.808. The van der Waals surface area contributed by atoms with Crippen molar-refractivity contribution in [1.29, 1.82) is 0 Å². The third-order valence-electron chi connectivity index (χ3n) is 2.86. The van der Waals surface area contributed by atoms with Crippen LogP contribution in [0.15, 0.2) is 18.3 Å². The summed E-state index contributed by atoms with van der Waals surface area (Å²) in [5.41, 5.74) is 6.47. The fraction of sp³-hybridized carbons (Fsp3) is 0.538. The number of carbonyl (C=O) groups excluding carboxylic acids is 1. The van der Waals surface area contributed by atoms with E-state index in [1.54, 1.807) is 18.3 Å². The Kier molecular flexibility index (Phi) is 5.58.